The van der Waals surface area contributed by atoms with Crippen LogP contribution in [0.5, 0.6) is 0 Å². The Balaban J connectivity index is 0.00000338. The van der Waals surface area contributed by atoms with Crippen molar-refractivity contribution >= 4 is 39.7 Å². The zero-order chi connectivity index (χ0) is 18.7. The fourth-order valence-corrected chi connectivity index (χ4v) is 6.05. The van der Waals surface area contributed by atoms with Gasteiger partial charge < -0.3 is 10.6 Å². The number of rotatable bonds is 7. The first-order valence-electron chi connectivity index (χ1n) is 8.69. The number of thiophene rings is 1. The number of hydrogen-bond acceptors (Lipinski definition) is 5. The predicted octanol–water partition coefficient (Wildman–Crippen LogP) is 2.25. The van der Waals surface area contributed by atoms with E-state index in [1.807, 2.05) is 33.9 Å². The molecule has 26 heavy (non-hydrogen) atoms. The number of hydrogen-bond donors (Lipinski definition) is 2. The van der Waals surface area contributed by atoms with Crippen molar-refractivity contribution in [2.75, 3.05) is 26.7 Å². The van der Waals surface area contributed by atoms with Crippen molar-refractivity contribution in [3.63, 3.8) is 0 Å². The summed E-state index contributed by atoms with van der Waals surface area (Å²) in [6, 6.07) is 3.58. The van der Waals surface area contributed by atoms with Crippen LogP contribution in [0.2, 0.25) is 0 Å². The molecule has 0 aromatic carbocycles. The number of amides is 1. The molecule has 0 saturated carbocycles. The standard InChI is InChI=1S/C17H29N3O3S2.ClH/c1-17(2,3)16(21)19-10-9-14-7-8-15(24-14)25(22,23)20-11-5-6-13(20)12-18-4;/h7-8,13,18H,5-6,9-12H2,1-4H3,(H,19,21);1H. The lowest BCUT2D eigenvalue weighted by Gasteiger charge is -2.23. The number of sulfonamides is 1. The van der Waals surface area contributed by atoms with Crippen LogP contribution in [0.3, 0.4) is 0 Å². The van der Waals surface area contributed by atoms with Crippen molar-refractivity contribution in [2.24, 2.45) is 5.41 Å². The van der Waals surface area contributed by atoms with Crippen LogP contribution in [0.25, 0.3) is 0 Å². The van der Waals surface area contributed by atoms with Crippen molar-refractivity contribution < 1.29 is 13.2 Å². The number of carbonyl (C=O) groups is 1. The average Bonchev–Trinajstić information content (AvgIpc) is 3.16. The van der Waals surface area contributed by atoms with Crippen LogP contribution < -0.4 is 10.6 Å². The van der Waals surface area contributed by atoms with Gasteiger partial charge in [0.2, 0.25) is 5.91 Å². The summed E-state index contributed by atoms with van der Waals surface area (Å²) in [6.45, 7) is 7.39. The topological polar surface area (TPSA) is 78.5 Å². The Morgan fingerprint density at radius 1 is 1.35 bits per heavy atom. The van der Waals surface area contributed by atoms with E-state index in [0.717, 1.165) is 17.7 Å². The largest absolute Gasteiger partial charge is 0.355 e. The smallest absolute Gasteiger partial charge is 0.252 e. The van der Waals surface area contributed by atoms with E-state index in [1.165, 1.54) is 11.3 Å². The number of halogens is 1. The van der Waals surface area contributed by atoms with Gasteiger partial charge in [0.05, 0.1) is 0 Å². The molecule has 150 valence electrons. The quantitative estimate of drug-likeness (QED) is 0.705. The van der Waals surface area contributed by atoms with E-state index in [0.29, 0.717) is 30.3 Å². The maximum absolute atomic E-state index is 12.9. The average molecular weight is 424 g/mol. The Labute approximate surface area is 167 Å². The van der Waals surface area contributed by atoms with Gasteiger partial charge in [0, 0.05) is 36.0 Å². The molecule has 1 aliphatic rings. The van der Waals surface area contributed by atoms with E-state index in [2.05, 4.69) is 10.6 Å². The van der Waals surface area contributed by atoms with Crippen LogP contribution in [-0.2, 0) is 21.2 Å². The molecule has 2 rings (SSSR count). The maximum Gasteiger partial charge on any atom is 0.252 e. The van der Waals surface area contributed by atoms with Crippen molar-refractivity contribution in [2.45, 2.75) is 50.3 Å². The number of nitrogens with zero attached hydrogens (tertiary/aromatic N) is 1. The van der Waals surface area contributed by atoms with E-state index in [1.54, 1.807) is 10.4 Å². The molecular formula is C17H30ClN3O3S2. The Morgan fingerprint density at radius 2 is 2.04 bits per heavy atom. The minimum Gasteiger partial charge on any atom is -0.355 e. The summed E-state index contributed by atoms with van der Waals surface area (Å²) in [4.78, 5) is 12.8. The fraction of sp³-hybridized carbons (Fsp3) is 0.706. The third-order valence-corrected chi connectivity index (χ3v) is 7.87. The first-order chi connectivity index (χ1) is 11.7. The second kappa shape index (κ2) is 9.50. The second-order valence-electron chi connectivity index (χ2n) is 7.45. The molecule has 0 spiro atoms. The van der Waals surface area contributed by atoms with Gasteiger partial charge in [-0.05, 0) is 38.4 Å². The monoisotopic (exact) mass is 423 g/mol. The van der Waals surface area contributed by atoms with Gasteiger partial charge in [-0.2, -0.15) is 4.31 Å². The molecule has 1 saturated heterocycles. The molecule has 1 fully saturated rings. The van der Waals surface area contributed by atoms with Crippen LogP contribution in [0.15, 0.2) is 16.3 Å². The van der Waals surface area contributed by atoms with Gasteiger partial charge in [0.15, 0.2) is 0 Å². The van der Waals surface area contributed by atoms with Gasteiger partial charge in [0.1, 0.15) is 4.21 Å². The van der Waals surface area contributed by atoms with E-state index in [-0.39, 0.29) is 24.4 Å². The van der Waals surface area contributed by atoms with Gasteiger partial charge in [-0.1, -0.05) is 20.8 Å². The highest BCUT2D eigenvalue weighted by atomic mass is 35.5. The Morgan fingerprint density at radius 3 is 2.65 bits per heavy atom. The molecule has 1 amide bonds. The Kier molecular flexibility index (Phi) is 8.54. The van der Waals surface area contributed by atoms with Crippen molar-refractivity contribution in [1.29, 1.82) is 0 Å². The van der Waals surface area contributed by atoms with Crippen LogP contribution in [0, 0.1) is 5.41 Å². The van der Waals surface area contributed by atoms with Gasteiger partial charge in [0.25, 0.3) is 10.0 Å². The highest BCUT2D eigenvalue weighted by molar-refractivity contribution is 7.91. The number of carbonyl (C=O) groups excluding carboxylic acids is 1. The first-order valence-corrected chi connectivity index (χ1v) is 11.0. The zero-order valence-electron chi connectivity index (χ0n) is 15.9. The molecule has 1 aromatic heterocycles. The van der Waals surface area contributed by atoms with Crippen molar-refractivity contribution in [3.8, 4) is 0 Å². The molecule has 1 unspecified atom stereocenters. The third-order valence-electron chi connectivity index (χ3n) is 4.30. The summed E-state index contributed by atoms with van der Waals surface area (Å²) in [5.74, 6) is 0.00359. The summed E-state index contributed by atoms with van der Waals surface area (Å²) >= 11 is 1.30. The minimum atomic E-state index is -3.43. The maximum atomic E-state index is 12.9. The van der Waals surface area contributed by atoms with Crippen LogP contribution in [0.4, 0.5) is 0 Å². The lowest BCUT2D eigenvalue weighted by atomic mass is 9.96. The lowest BCUT2D eigenvalue weighted by Crippen LogP contribution is -2.40. The molecule has 6 nitrogen and oxygen atoms in total. The molecular weight excluding hydrogens is 394 g/mol. The normalized spacial score (nSPS) is 18.5. The molecule has 1 atom stereocenters. The summed E-state index contributed by atoms with van der Waals surface area (Å²) in [5.41, 5.74) is -0.415. The summed E-state index contributed by atoms with van der Waals surface area (Å²) in [7, 11) is -1.58. The Hall–Kier alpha value is -0.670. The van der Waals surface area contributed by atoms with Gasteiger partial charge in [-0.25, -0.2) is 8.42 Å². The van der Waals surface area contributed by atoms with E-state index >= 15 is 0 Å². The van der Waals surface area contributed by atoms with Crippen molar-refractivity contribution in [1.82, 2.24) is 14.9 Å². The summed E-state index contributed by atoms with van der Waals surface area (Å²) in [6.07, 6.45) is 2.45. The lowest BCUT2D eigenvalue weighted by molar-refractivity contribution is -0.128. The van der Waals surface area contributed by atoms with E-state index in [4.69, 9.17) is 0 Å². The SMILES string of the molecule is CNCC1CCCN1S(=O)(=O)c1ccc(CCNC(=O)C(C)(C)C)s1.Cl. The second-order valence-corrected chi connectivity index (χ2v) is 10.7. The third kappa shape index (κ3) is 5.66. The molecule has 0 aliphatic carbocycles. The summed E-state index contributed by atoms with van der Waals surface area (Å²) < 4.78 is 27.8. The van der Waals surface area contributed by atoms with Gasteiger partial charge in [-0.3, -0.25) is 4.79 Å². The van der Waals surface area contributed by atoms with E-state index < -0.39 is 15.4 Å². The first kappa shape index (κ1) is 23.4. The van der Waals surface area contributed by atoms with Crippen LogP contribution in [-0.4, -0.2) is 51.4 Å². The molecule has 0 radical (unpaired) electrons. The fourth-order valence-electron chi connectivity index (χ4n) is 2.88. The van der Waals surface area contributed by atoms with Crippen LogP contribution in [0.1, 0.15) is 38.5 Å². The molecule has 0 bridgehead atoms. The summed E-state index contributed by atoms with van der Waals surface area (Å²) in [5, 5.41) is 5.97. The number of nitrogens with one attached hydrogen (secondary N) is 2. The molecule has 2 N–H and O–H groups in total. The molecule has 9 heteroatoms. The zero-order valence-corrected chi connectivity index (χ0v) is 18.3. The molecule has 1 aliphatic heterocycles. The molecule has 2 heterocycles. The Bertz CT molecular complexity index is 698. The van der Waals surface area contributed by atoms with E-state index in [9.17, 15) is 13.2 Å². The number of likely N-dealkylation sites (N-methyl/N-ethyl adjacent to an activating group) is 1. The van der Waals surface area contributed by atoms with Gasteiger partial charge >= 0.3 is 0 Å². The van der Waals surface area contributed by atoms with Crippen molar-refractivity contribution in [3.05, 3.63) is 17.0 Å². The molecule has 1 aromatic rings. The predicted molar refractivity (Wildman–Crippen MR) is 109 cm³/mol. The van der Waals surface area contributed by atoms with Crippen LogP contribution >= 0.6 is 23.7 Å². The highest BCUT2D eigenvalue weighted by Crippen LogP contribution is 2.30. The highest BCUT2D eigenvalue weighted by Gasteiger charge is 2.35. The van der Waals surface area contributed by atoms with Gasteiger partial charge in [-0.15, -0.1) is 23.7 Å². The minimum absolute atomic E-state index is 0.